The maximum atomic E-state index is 11.6. The molecule has 13 heavy (non-hydrogen) atoms. The molecule has 0 bridgehead atoms. The molecule has 0 aromatic carbocycles. The first-order chi connectivity index (χ1) is 6.27. The van der Waals surface area contributed by atoms with Crippen molar-refractivity contribution in [1.82, 2.24) is 9.88 Å². The van der Waals surface area contributed by atoms with Crippen molar-refractivity contribution in [2.75, 3.05) is 13.1 Å². The summed E-state index contributed by atoms with van der Waals surface area (Å²) in [4.78, 5) is 17.0. The van der Waals surface area contributed by atoms with E-state index in [0.717, 1.165) is 0 Å². The molecule has 1 fully saturated rings. The Morgan fingerprint density at radius 2 is 2.08 bits per heavy atom. The lowest BCUT2D eigenvalue weighted by Crippen LogP contribution is -2.53. The summed E-state index contributed by atoms with van der Waals surface area (Å²) in [5, 5.41) is 9.01. The number of hydrogen-bond donors (Lipinski definition) is 1. The SMILES string of the molecule is O=C(c1ccncc1)N1CC(O)C1. The summed E-state index contributed by atoms with van der Waals surface area (Å²) < 4.78 is 0. The van der Waals surface area contributed by atoms with Gasteiger partial charge in [0.2, 0.25) is 0 Å². The van der Waals surface area contributed by atoms with Gasteiger partial charge in [-0.05, 0) is 12.1 Å². The third-order valence-electron chi connectivity index (χ3n) is 2.08. The molecule has 0 spiro atoms. The zero-order valence-electron chi connectivity index (χ0n) is 7.05. The van der Waals surface area contributed by atoms with Gasteiger partial charge in [0.15, 0.2) is 0 Å². The van der Waals surface area contributed by atoms with E-state index in [-0.39, 0.29) is 12.0 Å². The molecule has 2 rings (SSSR count). The fraction of sp³-hybridized carbons (Fsp3) is 0.333. The van der Waals surface area contributed by atoms with Crippen LogP contribution in [0, 0.1) is 0 Å². The maximum Gasteiger partial charge on any atom is 0.254 e. The van der Waals surface area contributed by atoms with Crippen LogP contribution in [0.3, 0.4) is 0 Å². The minimum absolute atomic E-state index is 0.0345. The fourth-order valence-electron chi connectivity index (χ4n) is 1.30. The van der Waals surface area contributed by atoms with Crippen LogP contribution in [-0.4, -0.2) is 40.1 Å². The highest BCUT2D eigenvalue weighted by molar-refractivity contribution is 5.94. The van der Waals surface area contributed by atoms with Crippen molar-refractivity contribution in [1.29, 1.82) is 0 Å². The molecule has 4 heteroatoms. The van der Waals surface area contributed by atoms with E-state index in [2.05, 4.69) is 4.98 Å². The predicted octanol–water partition coefficient (Wildman–Crippen LogP) is -0.102. The molecule has 2 heterocycles. The Balaban J connectivity index is 2.06. The van der Waals surface area contributed by atoms with E-state index in [1.807, 2.05) is 0 Å². The molecule has 1 aromatic rings. The minimum atomic E-state index is -0.342. The summed E-state index contributed by atoms with van der Waals surface area (Å²) in [7, 11) is 0. The summed E-state index contributed by atoms with van der Waals surface area (Å²) >= 11 is 0. The van der Waals surface area contributed by atoms with E-state index in [1.54, 1.807) is 29.4 Å². The number of carbonyl (C=O) groups excluding carboxylic acids is 1. The Morgan fingerprint density at radius 1 is 1.46 bits per heavy atom. The molecule has 0 saturated carbocycles. The highest BCUT2D eigenvalue weighted by atomic mass is 16.3. The average molecular weight is 178 g/mol. The average Bonchev–Trinajstić information content (AvgIpc) is 2.13. The quantitative estimate of drug-likeness (QED) is 0.653. The number of β-amino-alcohol motifs (C(OH)–C–C–N with tert-alkyl or cyclic N) is 1. The van der Waals surface area contributed by atoms with Crippen molar-refractivity contribution >= 4 is 5.91 Å². The minimum Gasteiger partial charge on any atom is -0.389 e. The third-order valence-corrected chi connectivity index (χ3v) is 2.08. The molecule has 1 N–H and O–H groups in total. The molecule has 1 amide bonds. The second kappa shape index (κ2) is 3.14. The lowest BCUT2D eigenvalue weighted by atomic mass is 10.1. The molecule has 0 radical (unpaired) electrons. The number of hydrogen-bond acceptors (Lipinski definition) is 3. The molecule has 0 aliphatic carbocycles. The molecular formula is C9H10N2O2. The van der Waals surface area contributed by atoms with E-state index in [9.17, 15) is 4.79 Å². The number of pyridine rings is 1. The number of aliphatic hydroxyl groups excluding tert-OH is 1. The number of rotatable bonds is 1. The number of carbonyl (C=O) groups is 1. The van der Waals surface area contributed by atoms with Crippen LogP contribution in [0.4, 0.5) is 0 Å². The highest BCUT2D eigenvalue weighted by Gasteiger charge is 2.29. The summed E-state index contributed by atoms with van der Waals surface area (Å²) in [5.41, 5.74) is 0.627. The number of nitrogens with zero attached hydrogens (tertiary/aromatic N) is 2. The Kier molecular flexibility index (Phi) is 1.98. The van der Waals surface area contributed by atoms with Gasteiger partial charge in [-0.25, -0.2) is 0 Å². The van der Waals surface area contributed by atoms with Crippen molar-refractivity contribution in [3.05, 3.63) is 30.1 Å². The molecule has 0 unspecified atom stereocenters. The van der Waals surface area contributed by atoms with Gasteiger partial charge in [-0.2, -0.15) is 0 Å². The van der Waals surface area contributed by atoms with Gasteiger partial charge in [0.1, 0.15) is 0 Å². The van der Waals surface area contributed by atoms with Gasteiger partial charge in [-0.15, -0.1) is 0 Å². The van der Waals surface area contributed by atoms with Gasteiger partial charge in [0.05, 0.1) is 6.10 Å². The van der Waals surface area contributed by atoms with Gasteiger partial charge in [-0.1, -0.05) is 0 Å². The summed E-state index contributed by atoms with van der Waals surface area (Å²) in [6.07, 6.45) is 2.83. The second-order valence-electron chi connectivity index (χ2n) is 3.10. The molecule has 0 atom stereocenters. The lowest BCUT2D eigenvalue weighted by molar-refractivity contribution is 0.00589. The van der Waals surface area contributed by atoms with Crippen molar-refractivity contribution in [3.8, 4) is 0 Å². The molecule has 1 saturated heterocycles. The molecule has 68 valence electrons. The Labute approximate surface area is 75.8 Å². The Morgan fingerprint density at radius 3 is 2.62 bits per heavy atom. The van der Waals surface area contributed by atoms with E-state index < -0.39 is 0 Å². The first-order valence-corrected chi connectivity index (χ1v) is 4.15. The van der Waals surface area contributed by atoms with E-state index >= 15 is 0 Å². The largest absolute Gasteiger partial charge is 0.389 e. The van der Waals surface area contributed by atoms with Crippen molar-refractivity contribution in [2.45, 2.75) is 6.10 Å². The maximum absolute atomic E-state index is 11.6. The van der Waals surface area contributed by atoms with Crippen LogP contribution in [0.2, 0.25) is 0 Å². The number of aromatic nitrogens is 1. The molecule has 1 aliphatic heterocycles. The Hall–Kier alpha value is -1.42. The summed E-state index contributed by atoms with van der Waals surface area (Å²) in [6, 6.07) is 3.35. The number of likely N-dealkylation sites (tertiary alicyclic amines) is 1. The van der Waals surface area contributed by atoms with Crippen LogP contribution in [0.25, 0.3) is 0 Å². The molecule has 1 aliphatic rings. The van der Waals surface area contributed by atoms with E-state index in [1.165, 1.54) is 0 Å². The van der Waals surface area contributed by atoms with Crippen LogP contribution in [-0.2, 0) is 0 Å². The topological polar surface area (TPSA) is 53.4 Å². The third kappa shape index (κ3) is 1.53. The van der Waals surface area contributed by atoms with Crippen molar-refractivity contribution in [3.63, 3.8) is 0 Å². The van der Waals surface area contributed by atoms with Gasteiger partial charge < -0.3 is 10.0 Å². The standard InChI is InChI=1S/C9H10N2O2/c12-8-5-11(6-8)9(13)7-1-3-10-4-2-7/h1-4,8,12H,5-6H2. The molecular weight excluding hydrogens is 168 g/mol. The van der Waals surface area contributed by atoms with Crippen LogP contribution >= 0.6 is 0 Å². The highest BCUT2D eigenvalue weighted by Crippen LogP contribution is 2.11. The zero-order valence-corrected chi connectivity index (χ0v) is 7.05. The Bertz CT molecular complexity index is 307. The number of aliphatic hydroxyl groups is 1. The molecule has 1 aromatic heterocycles. The zero-order chi connectivity index (χ0) is 9.26. The van der Waals surface area contributed by atoms with Crippen LogP contribution in [0.15, 0.2) is 24.5 Å². The van der Waals surface area contributed by atoms with Gasteiger partial charge in [-0.3, -0.25) is 9.78 Å². The van der Waals surface area contributed by atoms with Crippen molar-refractivity contribution in [2.24, 2.45) is 0 Å². The smallest absolute Gasteiger partial charge is 0.254 e. The summed E-state index contributed by atoms with van der Waals surface area (Å²) in [5.74, 6) is -0.0345. The fourth-order valence-corrected chi connectivity index (χ4v) is 1.30. The second-order valence-corrected chi connectivity index (χ2v) is 3.10. The van der Waals surface area contributed by atoms with Crippen molar-refractivity contribution < 1.29 is 9.90 Å². The monoisotopic (exact) mass is 178 g/mol. The van der Waals surface area contributed by atoms with E-state index in [4.69, 9.17) is 5.11 Å². The molecule has 4 nitrogen and oxygen atoms in total. The lowest BCUT2D eigenvalue weighted by Gasteiger charge is -2.35. The van der Waals surface area contributed by atoms with Gasteiger partial charge in [0.25, 0.3) is 5.91 Å². The van der Waals surface area contributed by atoms with Crippen LogP contribution < -0.4 is 0 Å². The normalized spacial score (nSPS) is 16.8. The van der Waals surface area contributed by atoms with Gasteiger partial charge in [0, 0.05) is 31.0 Å². The number of amides is 1. The van der Waals surface area contributed by atoms with Gasteiger partial charge >= 0.3 is 0 Å². The van der Waals surface area contributed by atoms with Crippen LogP contribution in [0.5, 0.6) is 0 Å². The summed E-state index contributed by atoms with van der Waals surface area (Å²) in [6.45, 7) is 0.891. The first-order valence-electron chi connectivity index (χ1n) is 4.15. The van der Waals surface area contributed by atoms with Crippen LogP contribution in [0.1, 0.15) is 10.4 Å². The first kappa shape index (κ1) is 8.19. The predicted molar refractivity (Wildman–Crippen MR) is 46.1 cm³/mol. The van der Waals surface area contributed by atoms with E-state index in [0.29, 0.717) is 18.7 Å².